The van der Waals surface area contributed by atoms with E-state index in [0.717, 1.165) is 5.56 Å². The molecule has 0 aliphatic carbocycles. The minimum Gasteiger partial charge on any atom is -0.490 e. The van der Waals surface area contributed by atoms with Gasteiger partial charge in [-0.05, 0) is 30.7 Å². The minimum absolute atomic E-state index is 0.00709. The van der Waals surface area contributed by atoms with E-state index >= 15 is 0 Å². The number of aromatic amines is 1. The quantitative estimate of drug-likeness (QED) is 0.892. The van der Waals surface area contributed by atoms with Gasteiger partial charge < -0.3 is 4.74 Å². The molecule has 22 heavy (non-hydrogen) atoms. The predicted molar refractivity (Wildman–Crippen MR) is 72.4 cm³/mol. The molecule has 10 heteroatoms. The van der Waals surface area contributed by atoms with Crippen LogP contribution in [0.15, 0.2) is 23.1 Å². The number of alkyl halides is 2. The van der Waals surface area contributed by atoms with Crippen LogP contribution in [0.25, 0.3) is 0 Å². The number of H-pyrrole nitrogens is 1. The van der Waals surface area contributed by atoms with Gasteiger partial charge in [-0.2, -0.15) is 4.98 Å². The van der Waals surface area contributed by atoms with E-state index in [2.05, 4.69) is 14.8 Å². The Hall–Kier alpha value is -2.23. The van der Waals surface area contributed by atoms with Gasteiger partial charge in [0.1, 0.15) is 11.9 Å². The van der Waals surface area contributed by atoms with Crippen LogP contribution in [-0.2, 0) is 16.4 Å². The number of halogens is 2. The lowest BCUT2D eigenvalue weighted by molar-refractivity contribution is 0.141. The van der Waals surface area contributed by atoms with E-state index in [9.17, 15) is 17.2 Å². The molecule has 1 unspecified atom stereocenters. The van der Waals surface area contributed by atoms with Gasteiger partial charge in [0.05, 0.1) is 4.90 Å². The number of sulfonamides is 1. The van der Waals surface area contributed by atoms with Gasteiger partial charge >= 0.3 is 0 Å². The Labute approximate surface area is 124 Å². The Morgan fingerprint density at radius 1 is 1.45 bits per heavy atom. The fraction of sp³-hybridized carbons (Fsp3) is 0.333. The molecule has 2 N–H and O–H groups in total. The highest BCUT2D eigenvalue weighted by Gasteiger charge is 2.24. The van der Waals surface area contributed by atoms with Gasteiger partial charge in [0, 0.05) is 6.42 Å². The Bertz CT molecular complexity index is 806. The number of anilines is 1. The van der Waals surface area contributed by atoms with Crippen LogP contribution in [0.1, 0.15) is 24.7 Å². The molecule has 0 radical (unpaired) electrons. The van der Waals surface area contributed by atoms with Crippen molar-refractivity contribution in [2.24, 2.45) is 0 Å². The molecule has 1 aromatic heterocycles. The summed E-state index contributed by atoms with van der Waals surface area (Å²) in [7, 11) is -3.96. The molecular formula is C12H12F2N4O3S. The maximum absolute atomic E-state index is 12.4. The smallest absolute Gasteiger partial charge is 0.296 e. The molecule has 0 bridgehead atoms. The summed E-state index contributed by atoms with van der Waals surface area (Å²) < 4.78 is 56.8. The van der Waals surface area contributed by atoms with Crippen LogP contribution >= 0.6 is 0 Å². The topological polar surface area (TPSA) is 97.0 Å². The molecule has 1 aromatic carbocycles. The zero-order valence-electron chi connectivity index (χ0n) is 11.4. The van der Waals surface area contributed by atoms with Crippen molar-refractivity contribution in [1.82, 2.24) is 15.2 Å². The van der Waals surface area contributed by atoms with Gasteiger partial charge in [0.15, 0.2) is 5.82 Å². The van der Waals surface area contributed by atoms with Crippen molar-refractivity contribution in [3.05, 3.63) is 29.6 Å². The van der Waals surface area contributed by atoms with Crippen LogP contribution in [0.5, 0.6) is 5.75 Å². The summed E-state index contributed by atoms with van der Waals surface area (Å²) in [5.74, 6) is -0.487. The zero-order valence-corrected chi connectivity index (χ0v) is 12.2. The average Bonchev–Trinajstić information content (AvgIpc) is 3.02. The van der Waals surface area contributed by atoms with Crippen LogP contribution in [0.2, 0.25) is 0 Å². The van der Waals surface area contributed by atoms with E-state index in [0.29, 0.717) is 12.2 Å². The predicted octanol–water partition coefficient (Wildman–Crippen LogP) is 1.87. The molecular weight excluding hydrogens is 318 g/mol. The first kappa shape index (κ1) is 14.7. The third kappa shape index (κ3) is 2.73. The second-order valence-corrected chi connectivity index (χ2v) is 6.53. The SMILES string of the molecule is CC1Cc2cc(S(=O)(=O)Nc3n[nH]c(C(F)F)n3)ccc2O1. The van der Waals surface area contributed by atoms with Gasteiger partial charge in [0.2, 0.25) is 0 Å². The molecule has 7 nitrogen and oxygen atoms in total. The van der Waals surface area contributed by atoms with Gasteiger partial charge in [-0.3, -0.25) is 5.10 Å². The van der Waals surface area contributed by atoms with Crippen LogP contribution in [0, 0.1) is 0 Å². The molecule has 0 amide bonds. The summed E-state index contributed by atoms with van der Waals surface area (Å²) in [5.41, 5.74) is 0.777. The second-order valence-electron chi connectivity index (χ2n) is 4.85. The van der Waals surface area contributed by atoms with E-state index in [4.69, 9.17) is 4.74 Å². The molecule has 0 saturated heterocycles. The van der Waals surface area contributed by atoms with Gasteiger partial charge in [-0.15, -0.1) is 5.10 Å². The number of fused-ring (bicyclic) bond motifs is 1. The Morgan fingerprint density at radius 2 is 2.23 bits per heavy atom. The first-order valence-corrected chi connectivity index (χ1v) is 7.86. The molecule has 1 aliphatic heterocycles. The number of benzene rings is 1. The first-order valence-electron chi connectivity index (χ1n) is 6.38. The number of nitrogens with one attached hydrogen (secondary N) is 2. The normalized spacial score (nSPS) is 17.4. The van der Waals surface area contributed by atoms with E-state index in [1.807, 2.05) is 12.0 Å². The van der Waals surface area contributed by atoms with Crippen molar-refractivity contribution in [2.75, 3.05) is 4.72 Å². The monoisotopic (exact) mass is 330 g/mol. The second kappa shape index (κ2) is 5.20. The summed E-state index contributed by atoms with van der Waals surface area (Å²) >= 11 is 0. The molecule has 0 saturated carbocycles. The van der Waals surface area contributed by atoms with Crippen LogP contribution in [0.4, 0.5) is 14.7 Å². The third-order valence-corrected chi connectivity index (χ3v) is 4.44. The summed E-state index contributed by atoms with van der Waals surface area (Å²) in [6, 6.07) is 4.43. The highest BCUT2D eigenvalue weighted by molar-refractivity contribution is 7.92. The number of ether oxygens (including phenoxy) is 1. The van der Waals surface area contributed by atoms with E-state index in [1.54, 1.807) is 6.07 Å². The fourth-order valence-corrected chi connectivity index (χ4v) is 3.16. The van der Waals surface area contributed by atoms with E-state index in [-0.39, 0.29) is 11.0 Å². The molecule has 2 heterocycles. The van der Waals surface area contributed by atoms with Crippen molar-refractivity contribution < 1.29 is 21.9 Å². The number of aromatic nitrogens is 3. The Balaban J connectivity index is 1.85. The average molecular weight is 330 g/mol. The number of rotatable bonds is 4. The van der Waals surface area contributed by atoms with Gasteiger partial charge in [-0.1, -0.05) is 0 Å². The van der Waals surface area contributed by atoms with Crippen LogP contribution in [0.3, 0.4) is 0 Å². The maximum atomic E-state index is 12.4. The number of nitrogens with zero attached hydrogens (tertiary/aromatic N) is 2. The molecule has 0 spiro atoms. The summed E-state index contributed by atoms with van der Waals surface area (Å²) in [6.45, 7) is 1.88. The minimum atomic E-state index is -3.96. The molecule has 2 aromatic rings. The summed E-state index contributed by atoms with van der Waals surface area (Å²) in [4.78, 5) is 3.37. The largest absolute Gasteiger partial charge is 0.490 e. The van der Waals surface area contributed by atoms with Crippen molar-refractivity contribution in [2.45, 2.75) is 30.8 Å². The summed E-state index contributed by atoms with van der Waals surface area (Å²) in [5, 5.41) is 5.37. The summed E-state index contributed by atoms with van der Waals surface area (Å²) in [6.07, 6.45) is -2.26. The zero-order chi connectivity index (χ0) is 15.9. The lowest BCUT2D eigenvalue weighted by atomic mass is 10.1. The van der Waals surface area contributed by atoms with Crippen molar-refractivity contribution in [3.8, 4) is 5.75 Å². The molecule has 1 atom stereocenters. The van der Waals surface area contributed by atoms with Gasteiger partial charge in [-0.25, -0.2) is 21.9 Å². The van der Waals surface area contributed by atoms with Gasteiger partial charge in [0.25, 0.3) is 22.4 Å². The fourth-order valence-electron chi connectivity index (χ4n) is 2.16. The maximum Gasteiger partial charge on any atom is 0.296 e. The lowest BCUT2D eigenvalue weighted by Crippen LogP contribution is -2.14. The van der Waals surface area contributed by atoms with Crippen LogP contribution < -0.4 is 9.46 Å². The standard InChI is InChI=1S/C12H12F2N4O3S/c1-6-4-7-5-8(2-3-9(7)21-6)22(19,20)18-12-15-11(10(13)14)16-17-12/h2-3,5-6,10H,4H2,1H3,(H2,15,16,17,18). The Kier molecular flexibility index (Phi) is 3.47. The highest BCUT2D eigenvalue weighted by Crippen LogP contribution is 2.31. The highest BCUT2D eigenvalue weighted by atomic mass is 32.2. The van der Waals surface area contributed by atoms with Crippen LogP contribution in [-0.4, -0.2) is 29.7 Å². The van der Waals surface area contributed by atoms with E-state index in [1.165, 1.54) is 12.1 Å². The molecule has 0 fully saturated rings. The van der Waals surface area contributed by atoms with Crippen molar-refractivity contribution >= 4 is 16.0 Å². The molecule has 1 aliphatic rings. The third-order valence-electron chi connectivity index (χ3n) is 3.11. The Morgan fingerprint density at radius 3 is 2.91 bits per heavy atom. The lowest BCUT2D eigenvalue weighted by Gasteiger charge is -2.06. The van der Waals surface area contributed by atoms with E-state index < -0.39 is 28.2 Å². The van der Waals surface area contributed by atoms with Crippen molar-refractivity contribution in [1.29, 1.82) is 0 Å². The van der Waals surface area contributed by atoms with Crippen molar-refractivity contribution in [3.63, 3.8) is 0 Å². The molecule has 118 valence electrons. The molecule has 3 rings (SSSR count). The number of hydrogen-bond donors (Lipinski definition) is 2. The number of hydrogen-bond acceptors (Lipinski definition) is 5. The first-order chi connectivity index (χ1) is 10.3.